The second-order valence-electron chi connectivity index (χ2n) is 4.38. The number of aromatic nitrogens is 1. The van der Waals surface area contributed by atoms with E-state index in [1.165, 1.54) is 0 Å². The van der Waals surface area contributed by atoms with Gasteiger partial charge in [0.2, 0.25) is 0 Å². The van der Waals surface area contributed by atoms with Crippen LogP contribution in [0.15, 0.2) is 67.0 Å². The molecule has 1 amide bonds. The topological polar surface area (TPSA) is 54.0 Å². The van der Waals surface area contributed by atoms with Gasteiger partial charge in [-0.1, -0.05) is 24.3 Å². The summed E-state index contributed by atoms with van der Waals surface area (Å²) in [6.07, 6.45) is 3.55. The number of pyridine rings is 1. The first-order valence-corrected chi connectivity index (χ1v) is 6.28. The van der Waals surface area contributed by atoms with Crippen molar-refractivity contribution in [1.82, 2.24) is 10.4 Å². The molecule has 3 rings (SSSR count). The summed E-state index contributed by atoms with van der Waals surface area (Å²) in [5.74, 6) is -0.170. The molecule has 0 saturated heterocycles. The van der Waals surface area contributed by atoms with Gasteiger partial charge in [-0.3, -0.25) is 20.6 Å². The molecule has 2 N–H and O–H groups in total. The highest BCUT2D eigenvalue weighted by molar-refractivity contribution is 5.95. The molecule has 0 aliphatic heterocycles. The van der Waals surface area contributed by atoms with Gasteiger partial charge in [-0.15, -0.1) is 0 Å². The van der Waals surface area contributed by atoms with Crippen LogP contribution in [0.2, 0.25) is 0 Å². The minimum absolute atomic E-state index is 0.170. The number of nitrogens with zero attached hydrogens (tertiary/aromatic N) is 1. The molecule has 3 aromatic rings. The van der Waals surface area contributed by atoms with Gasteiger partial charge in [-0.25, -0.2) is 0 Å². The third-order valence-corrected chi connectivity index (χ3v) is 3.00. The Morgan fingerprint density at radius 2 is 1.80 bits per heavy atom. The molecule has 0 atom stereocenters. The van der Waals surface area contributed by atoms with Crippen molar-refractivity contribution < 1.29 is 4.79 Å². The molecule has 4 nitrogen and oxygen atoms in total. The number of hydrogen-bond donors (Lipinski definition) is 2. The van der Waals surface area contributed by atoms with E-state index in [-0.39, 0.29) is 5.91 Å². The zero-order valence-electron chi connectivity index (χ0n) is 10.7. The number of hydrazine groups is 1. The molecule has 20 heavy (non-hydrogen) atoms. The number of nitrogens with one attached hydrogen (secondary N) is 2. The Labute approximate surface area is 116 Å². The minimum atomic E-state index is -0.170. The van der Waals surface area contributed by atoms with E-state index in [0.29, 0.717) is 5.56 Å². The van der Waals surface area contributed by atoms with Crippen LogP contribution in [-0.4, -0.2) is 10.9 Å². The SMILES string of the molecule is O=C(NNc1ccc2ccncc2c1)c1ccccc1. The summed E-state index contributed by atoms with van der Waals surface area (Å²) in [5, 5.41) is 2.13. The second-order valence-corrected chi connectivity index (χ2v) is 4.38. The molecule has 0 aliphatic rings. The maximum absolute atomic E-state index is 11.9. The molecule has 1 heterocycles. The molecular formula is C16H13N3O. The molecule has 0 fully saturated rings. The van der Waals surface area contributed by atoms with E-state index in [2.05, 4.69) is 15.8 Å². The van der Waals surface area contributed by atoms with E-state index in [1.807, 2.05) is 42.5 Å². The van der Waals surface area contributed by atoms with E-state index in [0.717, 1.165) is 16.5 Å². The average Bonchev–Trinajstić information content (AvgIpc) is 2.53. The largest absolute Gasteiger partial charge is 0.298 e. The number of hydrogen-bond acceptors (Lipinski definition) is 3. The highest BCUT2D eigenvalue weighted by Gasteiger charge is 2.03. The lowest BCUT2D eigenvalue weighted by molar-refractivity contribution is 0.0962. The molecule has 0 aliphatic carbocycles. The molecule has 0 spiro atoms. The van der Waals surface area contributed by atoms with E-state index >= 15 is 0 Å². The first-order valence-electron chi connectivity index (χ1n) is 6.28. The van der Waals surface area contributed by atoms with Crippen LogP contribution in [0.4, 0.5) is 5.69 Å². The fourth-order valence-electron chi connectivity index (χ4n) is 1.95. The summed E-state index contributed by atoms with van der Waals surface area (Å²) < 4.78 is 0. The van der Waals surface area contributed by atoms with Gasteiger partial charge in [0.25, 0.3) is 5.91 Å². The average molecular weight is 263 g/mol. The molecule has 2 aromatic carbocycles. The maximum atomic E-state index is 11.9. The molecule has 0 bridgehead atoms. The van der Waals surface area contributed by atoms with Crippen LogP contribution in [0, 0.1) is 0 Å². The Balaban J connectivity index is 1.72. The fourth-order valence-corrected chi connectivity index (χ4v) is 1.95. The normalized spacial score (nSPS) is 10.2. The van der Waals surface area contributed by atoms with Crippen LogP contribution in [-0.2, 0) is 0 Å². The van der Waals surface area contributed by atoms with Gasteiger partial charge in [-0.05, 0) is 35.7 Å². The van der Waals surface area contributed by atoms with E-state index in [9.17, 15) is 4.79 Å². The molecular weight excluding hydrogens is 250 g/mol. The number of carbonyl (C=O) groups excluding carboxylic acids is 1. The number of fused-ring (bicyclic) bond motifs is 1. The van der Waals surface area contributed by atoms with Crippen molar-refractivity contribution in [3.63, 3.8) is 0 Å². The van der Waals surface area contributed by atoms with Crippen molar-refractivity contribution >= 4 is 22.4 Å². The maximum Gasteiger partial charge on any atom is 0.269 e. The molecule has 1 aromatic heterocycles. The molecule has 98 valence electrons. The van der Waals surface area contributed by atoms with Gasteiger partial charge in [0.15, 0.2) is 0 Å². The zero-order valence-corrected chi connectivity index (χ0v) is 10.7. The molecule has 0 unspecified atom stereocenters. The van der Waals surface area contributed by atoms with Crippen molar-refractivity contribution in [2.45, 2.75) is 0 Å². The van der Waals surface area contributed by atoms with Crippen molar-refractivity contribution in [3.05, 3.63) is 72.6 Å². The Hall–Kier alpha value is -2.88. The highest BCUT2D eigenvalue weighted by atomic mass is 16.2. The Morgan fingerprint density at radius 3 is 2.65 bits per heavy atom. The van der Waals surface area contributed by atoms with Crippen LogP contribution in [0.5, 0.6) is 0 Å². The van der Waals surface area contributed by atoms with Crippen LogP contribution in [0.25, 0.3) is 10.8 Å². The van der Waals surface area contributed by atoms with Crippen LogP contribution in [0.3, 0.4) is 0 Å². The summed E-state index contributed by atoms with van der Waals surface area (Å²) in [4.78, 5) is 16.0. The van der Waals surface area contributed by atoms with Crippen molar-refractivity contribution in [1.29, 1.82) is 0 Å². The molecule has 0 saturated carbocycles. The lowest BCUT2D eigenvalue weighted by atomic mass is 10.1. The summed E-state index contributed by atoms with van der Waals surface area (Å²) >= 11 is 0. The van der Waals surface area contributed by atoms with Gasteiger partial charge in [-0.2, -0.15) is 0 Å². The van der Waals surface area contributed by atoms with E-state index < -0.39 is 0 Å². The van der Waals surface area contributed by atoms with Gasteiger partial charge in [0.1, 0.15) is 0 Å². The monoisotopic (exact) mass is 263 g/mol. The molecule has 4 heteroatoms. The van der Waals surface area contributed by atoms with Crippen molar-refractivity contribution in [2.75, 3.05) is 5.43 Å². The van der Waals surface area contributed by atoms with Gasteiger partial charge < -0.3 is 0 Å². The Kier molecular flexibility index (Phi) is 3.29. The number of anilines is 1. The lowest BCUT2D eigenvalue weighted by Gasteiger charge is -2.09. The smallest absolute Gasteiger partial charge is 0.269 e. The first-order chi connectivity index (χ1) is 9.83. The van der Waals surface area contributed by atoms with Gasteiger partial charge in [0, 0.05) is 23.3 Å². The summed E-state index contributed by atoms with van der Waals surface area (Å²) in [7, 11) is 0. The quantitative estimate of drug-likeness (QED) is 0.714. The third-order valence-electron chi connectivity index (χ3n) is 3.00. The zero-order chi connectivity index (χ0) is 13.8. The standard InChI is InChI=1S/C16H13N3O/c20-16(13-4-2-1-3-5-13)19-18-15-7-6-12-8-9-17-11-14(12)10-15/h1-11,18H,(H,19,20). The lowest BCUT2D eigenvalue weighted by Crippen LogP contribution is -2.29. The van der Waals surface area contributed by atoms with E-state index in [1.54, 1.807) is 24.5 Å². The van der Waals surface area contributed by atoms with Crippen LogP contribution >= 0.6 is 0 Å². The fraction of sp³-hybridized carbons (Fsp3) is 0. The van der Waals surface area contributed by atoms with E-state index in [4.69, 9.17) is 0 Å². The minimum Gasteiger partial charge on any atom is -0.298 e. The van der Waals surface area contributed by atoms with Crippen LogP contribution in [0.1, 0.15) is 10.4 Å². The summed E-state index contributed by atoms with van der Waals surface area (Å²) in [5.41, 5.74) is 7.01. The Bertz CT molecular complexity index is 741. The predicted octanol–water partition coefficient (Wildman–Crippen LogP) is 2.99. The van der Waals surface area contributed by atoms with Crippen molar-refractivity contribution in [2.24, 2.45) is 0 Å². The first kappa shape index (κ1) is 12.2. The molecule has 0 radical (unpaired) electrons. The van der Waals surface area contributed by atoms with Crippen LogP contribution < -0.4 is 10.9 Å². The van der Waals surface area contributed by atoms with Gasteiger partial charge in [0.05, 0.1) is 5.69 Å². The number of carbonyl (C=O) groups is 1. The highest BCUT2D eigenvalue weighted by Crippen LogP contribution is 2.17. The third kappa shape index (κ3) is 2.59. The number of amides is 1. The second kappa shape index (κ2) is 5.40. The van der Waals surface area contributed by atoms with Gasteiger partial charge >= 0.3 is 0 Å². The predicted molar refractivity (Wildman–Crippen MR) is 79.3 cm³/mol. The Morgan fingerprint density at radius 1 is 0.950 bits per heavy atom. The van der Waals surface area contributed by atoms with Crippen molar-refractivity contribution in [3.8, 4) is 0 Å². The summed E-state index contributed by atoms with van der Waals surface area (Å²) in [6, 6.07) is 16.8. The number of benzene rings is 2. The summed E-state index contributed by atoms with van der Waals surface area (Å²) in [6.45, 7) is 0. The number of rotatable bonds is 3.